The van der Waals surface area contributed by atoms with Crippen LogP contribution in [0, 0.1) is 6.92 Å². The van der Waals surface area contributed by atoms with E-state index in [9.17, 15) is 9.59 Å². The third kappa shape index (κ3) is 3.23. The summed E-state index contributed by atoms with van der Waals surface area (Å²) >= 11 is 0. The number of rotatable bonds is 3. The van der Waals surface area contributed by atoms with Crippen molar-refractivity contribution in [1.82, 2.24) is 4.90 Å². The van der Waals surface area contributed by atoms with Crippen molar-refractivity contribution >= 4 is 17.7 Å². The van der Waals surface area contributed by atoms with Crippen molar-refractivity contribution in [2.75, 3.05) is 25.0 Å². The first-order valence-electron chi connectivity index (χ1n) is 5.93. The molecule has 0 bridgehead atoms. The van der Waals surface area contributed by atoms with E-state index < -0.39 is 6.09 Å². The van der Waals surface area contributed by atoms with E-state index in [-0.39, 0.29) is 12.5 Å². The van der Waals surface area contributed by atoms with Crippen molar-refractivity contribution in [3.8, 4) is 0 Å². The van der Waals surface area contributed by atoms with Crippen LogP contribution >= 0.6 is 0 Å². The van der Waals surface area contributed by atoms with E-state index in [1.807, 2.05) is 31.2 Å². The first kappa shape index (κ1) is 12.4. The lowest BCUT2D eigenvalue weighted by Crippen LogP contribution is -2.42. The van der Waals surface area contributed by atoms with Gasteiger partial charge in [-0.15, -0.1) is 0 Å². The minimum Gasteiger partial charge on any atom is -0.449 e. The van der Waals surface area contributed by atoms with Gasteiger partial charge in [-0.1, -0.05) is 12.1 Å². The predicted molar refractivity (Wildman–Crippen MR) is 67.3 cm³/mol. The van der Waals surface area contributed by atoms with Crippen LogP contribution in [0.2, 0.25) is 0 Å². The molecule has 1 heterocycles. The summed E-state index contributed by atoms with van der Waals surface area (Å²) in [5.74, 6) is -0.209. The average Bonchev–Trinajstić information content (AvgIpc) is 2.32. The van der Waals surface area contributed by atoms with Crippen LogP contribution in [-0.4, -0.2) is 36.6 Å². The number of ether oxygens (including phenoxy) is 1. The number of benzene rings is 1. The molecule has 0 atom stereocenters. The Morgan fingerprint density at radius 1 is 1.50 bits per heavy atom. The van der Waals surface area contributed by atoms with E-state index in [1.165, 1.54) is 4.90 Å². The SMILES string of the molecule is Cc1cccc(NC(=O)CN2CCCOC2=O)c1. The summed E-state index contributed by atoms with van der Waals surface area (Å²) < 4.78 is 4.87. The maximum atomic E-state index is 11.8. The van der Waals surface area contributed by atoms with Crippen LogP contribution in [-0.2, 0) is 9.53 Å². The molecule has 0 saturated carbocycles. The molecule has 0 unspecified atom stereocenters. The zero-order valence-corrected chi connectivity index (χ0v) is 10.3. The van der Waals surface area contributed by atoms with Gasteiger partial charge in [-0.25, -0.2) is 4.79 Å². The summed E-state index contributed by atoms with van der Waals surface area (Å²) in [5.41, 5.74) is 1.82. The molecule has 0 spiro atoms. The second-order valence-electron chi connectivity index (χ2n) is 4.31. The number of cyclic esters (lactones) is 1. The minimum absolute atomic E-state index is 0.0345. The largest absolute Gasteiger partial charge is 0.449 e. The summed E-state index contributed by atoms with van der Waals surface area (Å²) in [7, 11) is 0. The van der Waals surface area contributed by atoms with Gasteiger partial charge in [0.25, 0.3) is 0 Å². The third-order valence-electron chi connectivity index (χ3n) is 2.69. The second kappa shape index (κ2) is 5.53. The number of amides is 2. The quantitative estimate of drug-likeness (QED) is 0.887. The number of anilines is 1. The molecule has 1 aliphatic heterocycles. The monoisotopic (exact) mass is 248 g/mol. The van der Waals surface area contributed by atoms with Crippen LogP contribution in [0.1, 0.15) is 12.0 Å². The average molecular weight is 248 g/mol. The minimum atomic E-state index is -0.416. The van der Waals surface area contributed by atoms with Crippen LogP contribution in [0.4, 0.5) is 10.5 Å². The van der Waals surface area contributed by atoms with Gasteiger partial charge in [-0.05, 0) is 31.0 Å². The highest BCUT2D eigenvalue weighted by Gasteiger charge is 2.21. The van der Waals surface area contributed by atoms with Crippen molar-refractivity contribution in [2.45, 2.75) is 13.3 Å². The van der Waals surface area contributed by atoms with Crippen LogP contribution in [0.25, 0.3) is 0 Å². The number of aryl methyl sites for hydroxylation is 1. The van der Waals surface area contributed by atoms with Gasteiger partial charge >= 0.3 is 6.09 Å². The Balaban J connectivity index is 1.90. The van der Waals surface area contributed by atoms with Gasteiger partial charge in [0.2, 0.25) is 5.91 Å². The Bertz CT molecular complexity index is 459. The highest BCUT2D eigenvalue weighted by Crippen LogP contribution is 2.10. The molecule has 0 aliphatic carbocycles. The maximum absolute atomic E-state index is 11.8. The molecule has 0 aromatic heterocycles. The highest BCUT2D eigenvalue weighted by molar-refractivity contribution is 5.93. The van der Waals surface area contributed by atoms with E-state index in [0.717, 1.165) is 17.7 Å². The standard InChI is InChI=1S/C13H16N2O3/c1-10-4-2-5-11(8-10)14-12(16)9-15-6-3-7-18-13(15)17/h2,4-5,8H,3,6-7,9H2,1H3,(H,14,16). The molecule has 1 aromatic carbocycles. The lowest BCUT2D eigenvalue weighted by Gasteiger charge is -2.25. The van der Waals surface area contributed by atoms with E-state index in [2.05, 4.69) is 5.32 Å². The predicted octanol–water partition coefficient (Wildman–Crippen LogP) is 1.78. The number of nitrogens with one attached hydrogen (secondary N) is 1. The molecule has 1 aliphatic rings. The molecule has 2 amide bonds. The molecule has 0 radical (unpaired) electrons. The zero-order valence-electron chi connectivity index (χ0n) is 10.3. The summed E-state index contributed by atoms with van der Waals surface area (Å²) in [6.45, 7) is 3.00. The van der Waals surface area contributed by atoms with Gasteiger partial charge in [-0.3, -0.25) is 9.69 Å². The number of hydrogen-bond acceptors (Lipinski definition) is 3. The Morgan fingerprint density at radius 2 is 2.33 bits per heavy atom. The normalized spacial score (nSPS) is 15.2. The van der Waals surface area contributed by atoms with Gasteiger partial charge in [0.15, 0.2) is 0 Å². The topological polar surface area (TPSA) is 58.6 Å². The first-order chi connectivity index (χ1) is 8.65. The molecule has 18 heavy (non-hydrogen) atoms. The summed E-state index contributed by atoms with van der Waals surface area (Å²) in [4.78, 5) is 24.5. The fourth-order valence-corrected chi connectivity index (χ4v) is 1.84. The van der Waals surface area contributed by atoms with Crippen molar-refractivity contribution in [2.24, 2.45) is 0 Å². The Labute approximate surface area is 106 Å². The Kier molecular flexibility index (Phi) is 3.82. The molecular weight excluding hydrogens is 232 g/mol. The molecule has 5 nitrogen and oxygen atoms in total. The first-order valence-corrected chi connectivity index (χ1v) is 5.93. The van der Waals surface area contributed by atoms with Crippen LogP contribution < -0.4 is 5.32 Å². The molecule has 96 valence electrons. The molecule has 2 rings (SSSR count). The van der Waals surface area contributed by atoms with Crippen molar-refractivity contribution in [3.63, 3.8) is 0 Å². The van der Waals surface area contributed by atoms with E-state index in [0.29, 0.717) is 13.2 Å². The third-order valence-corrected chi connectivity index (χ3v) is 2.69. The number of carbonyl (C=O) groups is 2. The van der Waals surface area contributed by atoms with Gasteiger partial charge in [0.05, 0.1) is 6.61 Å². The molecule has 1 fully saturated rings. The van der Waals surface area contributed by atoms with Gasteiger partial charge in [-0.2, -0.15) is 0 Å². The van der Waals surface area contributed by atoms with Gasteiger partial charge in [0.1, 0.15) is 6.54 Å². The van der Waals surface area contributed by atoms with Crippen molar-refractivity contribution < 1.29 is 14.3 Å². The van der Waals surface area contributed by atoms with E-state index in [1.54, 1.807) is 0 Å². The zero-order chi connectivity index (χ0) is 13.0. The fraction of sp³-hybridized carbons (Fsp3) is 0.385. The molecule has 5 heteroatoms. The Hall–Kier alpha value is -2.04. The lowest BCUT2D eigenvalue weighted by atomic mass is 10.2. The number of carbonyl (C=O) groups excluding carboxylic acids is 2. The number of nitrogens with zero attached hydrogens (tertiary/aromatic N) is 1. The van der Waals surface area contributed by atoms with E-state index >= 15 is 0 Å². The second-order valence-corrected chi connectivity index (χ2v) is 4.31. The van der Waals surface area contributed by atoms with Crippen molar-refractivity contribution in [1.29, 1.82) is 0 Å². The van der Waals surface area contributed by atoms with E-state index in [4.69, 9.17) is 4.74 Å². The van der Waals surface area contributed by atoms with Crippen LogP contribution in [0.3, 0.4) is 0 Å². The highest BCUT2D eigenvalue weighted by atomic mass is 16.6. The smallest absolute Gasteiger partial charge is 0.410 e. The lowest BCUT2D eigenvalue weighted by molar-refractivity contribution is -0.117. The fourth-order valence-electron chi connectivity index (χ4n) is 1.84. The molecule has 1 N–H and O–H groups in total. The number of hydrogen-bond donors (Lipinski definition) is 1. The van der Waals surface area contributed by atoms with Crippen molar-refractivity contribution in [3.05, 3.63) is 29.8 Å². The molecular formula is C13H16N2O3. The summed E-state index contributed by atoms with van der Waals surface area (Å²) in [6.07, 6.45) is 0.351. The molecule has 1 aromatic rings. The summed E-state index contributed by atoms with van der Waals surface area (Å²) in [6, 6.07) is 7.53. The maximum Gasteiger partial charge on any atom is 0.410 e. The van der Waals surface area contributed by atoms with Gasteiger partial charge < -0.3 is 10.1 Å². The Morgan fingerprint density at radius 3 is 3.06 bits per heavy atom. The molecule has 1 saturated heterocycles. The van der Waals surface area contributed by atoms with Gasteiger partial charge in [0, 0.05) is 12.2 Å². The van der Waals surface area contributed by atoms with Crippen LogP contribution in [0.15, 0.2) is 24.3 Å². The van der Waals surface area contributed by atoms with Crippen LogP contribution in [0.5, 0.6) is 0 Å². The summed E-state index contributed by atoms with van der Waals surface area (Å²) in [5, 5.41) is 2.76.